The fourth-order valence-electron chi connectivity index (χ4n) is 6.69. The maximum Gasteiger partial charge on any atom is 0.145 e. The van der Waals surface area contributed by atoms with Crippen molar-refractivity contribution in [3.63, 3.8) is 0 Å². The van der Waals surface area contributed by atoms with Crippen LogP contribution in [0, 0.1) is 0 Å². The van der Waals surface area contributed by atoms with Crippen molar-refractivity contribution in [3.05, 3.63) is 182 Å². The van der Waals surface area contributed by atoms with Gasteiger partial charge >= 0.3 is 0 Å². The van der Waals surface area contributed by atoms with Crippen molar-refractivity contribution in [3.8, 4) is 61.8 Å². The molecule has 6 aromatic carbocycles. The highest BCUT2D eigenvalue weighted by Gasteiger charge is 2.19. The molecule has 0 spiro atoms. The van der Waals surface area contributed by atoms with Crippen molar-refractivity contribution in [2.24, 2.45) is 0 Å². The molecule has 4 heteroatoms. The summed E-state index contributed by atoms with van der Waals surface area (Å²) in [5.41, 5.74) is 13.9. The summed E-state index contributed by atoms with van der Waals surface area (Å²) in [6.45, 7) is 0. The lowest BCUT2D eigenvalue weighted by Crippen LogP contribution is -1.98. The molecule has 0 bridgehead atoms. The van der Waals surface area contributed by atoms with Crippen LogP contribution in [0.25, 0.3) is 78.5 Å². The van der Waals surface area contributed by atoms with Crippen LogP contribution < -0.4 is 0 Å². The molecule has 0 aliphatic heterocycles. The first-order chi connectivity index (χ1) is 23.8. The van der Waals surface area contributed by atoms with Gasteiger partial charge in [0.05, 0.1) is 22.4 Å². The minimum Gasteiger partial charge on any atom is -0.299 e. The molecule has 0 saturated carbocycles. The predicted octanol–water partition coefficient (Wildman–Crippen LogP) is 11.0. The number of imidazole rings is 2. The van der Waals surface area contributed by atoms with Gasteiger partial charge in [0.25, 0.3) is 0 Å². The van der Waals surface area contributed by atoms with Gasteiger partial charge in [0, 0.05) is 28.6 Å². The molecule has 48 heavy (non-hydrogen) atoms. The Balaban J connectivity index is 1.26. The summed E-state index contributed by atoms with van der Waals surface area (Å²) in [6.07, 6.45) is 2.10. The van der Waals surface area contributed by atoms with E-state index >= 15 is 0 Å². The molecule has 4 nitrogen and oxygen atoms in total. The Labute approximate surface area is 278 Å². The molecular formula is C44H30N4. The highest BCUT2D eigenvalue weighted by Crippen LogP contribution is 2.38. The number of pyridine rings is 1. The smallest absolute Gasteiger partial charge is 0.145 e. The monoisotopic (exact) mass is 614 g/mol. The van der Waals surface area contributed by atoms with E-state index in [1.165, 1.54) is 0 Å². The molecule has 0 aliphatic carbocycles. The summed E-state index contributed by atoms with van der Waals surface area (Å²) in [6, 6.07) is 61.7. The molecule has 9 rings (SSSR count). The van der Waals surface area contributed by atoms with Crippen LogP contribution >= 0.6 is 0 Å². The molecule has 0 radical (unpaired) electrons. The average Bonchev–Trinajstić information content (AvgIpc) is 3.75. The fourth-order valence-corrected chi connectivity index (χ4v) is 6.69. The van der Waals surface area contributed by atoms with Crippen molar-refractivity contribution in [1.29, 1.82) is 0 Å². The molecule has 0 amide bonds. The molecule has 3 aromatic heterocycles. The lowest BCUT2D eigenvalue weighted by molar-refractivity contribution is 1.10. The lowest BCUT2D eigenvalue weighted by atomic mass is 9.94. The molecule has 0 saturated heterocycles. The van der Waals surface area contributed by atoms with E-state index in [2.05, 4.69) is 179 Å². The summed E-state index contributed by atoms with van der Waals surface area (Å²) < 4.78 is 4.46. The number of para-hydroxylation sites is 3. The van der Waals surface area contributed by atoms with Gasteiger partial charge in [-0.3, -0.25) is 8.97 Å². The largest absolute Gasteiger partial charge is 0.299 e. The van der Waals surface area contributed by atoms with Crippen molar-refractivity contribution < 1.29 is 0 Å². The Morgan fingerprint density at radius 2 is 0.979 bits per heavy atom. The summed E-state index contributed by atoms with van der Waals surface area (Å²) in [7, 11) is 0. The second-order valence-corrected chi connectivity index (χ2v) is 11.9. The fraction of sp³-hybridized carbons (Fsp3) is 0. The van der Waals surface area contributed by atoms with Gasteiger partial charge < -0.3 is 0 Å². The number of rotatable bonds is 6. The van der Waals surface area contributed by atoms with Crippen molar-refractivity contribution >= 4 is 16.7 Å². The number of hydrogen-bond donors (Lipinski definition) is 0. The van der Waals surface area contributed by atoms with Crippen LogP contribution in [0.15, 0.2) is 182 Å². The van der Waals surface area contributed by atoms with Crippen LogP contribution in [-0.4, -0.2) is 18.9 Å². The second-order valence-electron chi connectivity index (χ2n) is 11.9. The normalized spacial score (nSPS) is 11.3. The third kappa shape index (κ3) is 4.88. The molecule has 3 heterocycles. The molecule has 226 valence electrons. The Kier molecular flexibility index (Phi) is 6.76. The van der Waals surface area contributed by atoms with Crippen molar-refractivity contribution in [2.45, 2.75) is 0 Å². The SMILES string of the molecule is c1ccc(-c2cc(-c3cccc(-c4c(-c5ccccc5)nc5ccccn45)c3)cc(-c3nc4ccccc4n3-c3ccccc3)c2)cc1. The zero-order valence-corrected chi connectivity index (χ0v) is 26.1. The van der Waals surface area contributed by atoms with Gasteiger partial charge in [-0.05, 0) is 82.9 Å². The van der Waals surface area contributed by atoms with E-state index < -0.39 is 0 Å². The summed E-state index contributed by atoms with van der Waals surface area (Å²) in [5, 5.41) is 0. The van der Waals surface area contributed by atoms with E-state index in [1.807, 2.05) is 12.1 Å². The first-order valence-electron chi connectivity index (χ1n) is 16.2. The highest BCUT2D eigenvalue weighted by atomic mass is 15.1. The molecule has 0 unspecified atom stereocenters. The first kappa shape index (κ1) is 27.8. The number of hydrogen-bond acceptors (Lipinski definition) is 2. The predicted molar refractivity (Wildman–Crippen MR) is 197 cm³/mol. The van der Waals surface area contributed by atoms with E-state index in [-0.39, 0.29) is 0 Å². The van der Waals surface area contributed by atoms with E-state index in [0.717, 1.165) is 78.5 Å². The number of fused-ring (bicyclic) bond motifs is 2. The molecular weight excluding hydrogens is 585 g/mol. The maximum absolute atomic E-state index is 5.22. The molecule has 0 fully saturated rings. The topological polar surface area (TPSA) is 35.1 Å². The Bertz CT molecular complexity index is 2550. The van der Waals surface area contributed by atoms with Crippen LogP contribution in [0.4, 0.5) is 0 Å². The van der Waals surface area contributed by atoms with Gasteiger partial charge in [0.1, 0.15) is 11.5 Å². The highest BCUT2D eigenvalue weighted by molar-refractivity contribution is 5.88. The Morgan fingerprint density at radius 3 is 1.77 bits per heavy atom. The lowest BCUT2D eigenvalue weighted by Gasteiger charge is -2.14. The summed E-state index contributed by atoms with van der Waals surface area (Å²) >= 11 is 0. The summed E-state index contributed by atoms with van der Waals surface area (Å²) in [5.74, 6) is 0.908. The molecule has 0 N–H and O–H groups in total. The Morgan fingerprint density at radius 1 is 0.396 bits per heavy atom. The van der Waals surface area contributed by atoms with Gasteiger partial charge in [0.15, 0.2) is 0 Å². The molecule has 0 aliphatic rings. The molecule has 0 atom stereocenters. The average molecular weight is 615 g/mol. The second kappa shape index (κ2) is 11.7. The van der Waals surface area contributed by atoms with Gasteiger partial charge in [-0.1, -0.05) is 115 Å². The quantitative estimate of drug-likeness (QED) is 0.187. The number of benzene rings is 6. The van der Waals surface area contributed by atoms with E-state index in [4.69, 9.17) is 9.97 Å². The third-order valence-corrected chi connectivity index (χ3v) is 8.92. The van der Waals surface area contributed by atoms with Crippen molar-refractivity contribution in [2.75, 3.05) is 0 Å². The first-order valence-corrected chi connectivity index (χ1v) is 16.2. The van der Waals surface area contributed by atoms with Gasteiger partial charge in [-0.25, -0.2) is 9.97 Å². The molecule has 9 aromatic rings. The van der Waals surface area contributed by atoms with Gasteiger partial charge in [-0.2, -0.15) is 0 Å². The zero-order chi connectivity index (χ0) is 31.9. The number of nitrogens with zero attached hydrogens (tertiary/aromatic N) is 4. The minimum atomic E-state index is 0.908. The Hall–Kier alpha value is -6.52. The van der Waals surface area contributed by atoms with Gasteiger partial charge in [0.2, 0.25) is 0 Å². The summed E-state index contributed by atoms with van der Waals surface area (Å²) in [4.78, 5) is 10.3. The minimum absolute atomic E-state index is 0.908. The van der Waals surface area contributed by atoms with Crippen LogP contribution in [0.5, 0.6) is 0 Å². The van der Waals surface area contributed by atoms with Crippen molar-refractivity contribution in [1.82, 2.24) is 18.9 Å². The third-order valence-electron chi connectivity index (χ3n) is 8.92. The van der Waals surface area contributed by atoms with Crippen LogP contribution in [-0.2, 0) is 0 Å². The van der Waals surface area contributed by atoms with Crippen LogP contribution in [0.1, 0.15) is 0 Å². The van der Waals surface area contributed by atoms with E-state index in [0.29, 0.717) is 0 Å². The van der Waals surface area contributed by atoms with Crippen LogP contribution in [0.2, 0.25) is 0 Å². The van der Waals surface area contributed by atoms with E-state index in [9.17, 15) is 0 Å². The standard InChI is InChI=1S/C44H30N4/c1-4-15-31(16-5-1)35-28-36(30-37(29-35)44-45-39-23-10-11-24-40(39)48(44)38-21-8-3-9-22-38)33-19-14-20-34(27-33)43-42(32-17-6-2-7-18-32)46-41-25-12-13-26-47(41)43/h1-30H. The number of aromatic nitrogens is 4. The van der Waals surface area contributed by atoms with Gasteiger partial charge in [-0.15, -0.1) is 0 Å². The van der Waals surface area contributed by atoms with Crippen LogP contribution in [0.3, 0.4) is 0 Å². The zero-order valence-electron chi connectivity index (χ0n) is 26.1. The van der Waals surface area contributed by atoms with E-state index in [1.54, 1.807) is 0 Å². The maximum atomic E-state index is 5.22.